The van der Waals surface area contributed by atoms with Crippen molar-refractivity contribution in [2.75, 3.05) is 0 Å². The van der Waals surface area contributed by atoms with Gasteiger partial charge in [0.25, 0.3) is 0 Å². The zero-order valence-corrected chi connectivity index (χ0v) is 9.80. The van der Waals surface area contributed by atoms with Gasteiger partial charge in [-0.3, -0.25) is 4.79 Å². The fraction of sp³-hybridized carbons (Fsp3) is 0.462. The van der Waals surface area contributed by atoms with Gasteiger partial charge in [-0.25, -0.2) is 0 Å². The first-order chi connectivity index (χ1) is 7.25. The van der Waals surface area contributed by atoms with Gasteiger partial charge in [0.1, 0.15) is 5.78 Å². The summed E-state index contributed by atoms with van der Waals surface area (Å²) < 4.78 is 0. The normalized spacial score (nSPS) is 26.6. The molecule has 80 valence electrons. The van der Waals surface area contributed by atoms with Crippen molar-refractivity contribution in [3.05, 3.63) is 30.3 Å². The zero-order valence-electron chi connectivity index (χ0n) is 8.98. The molecule has 2 heteroatoms. The summed E-state index contributed by atoms with van der Waals surface area (Å²) in [5.74, 6) is 1.09. The van der Waals surface area contributed by atoms with Crippen LogP contribution in [0.4, 0.5) is 0 Å². The van der Waals surface area contributed by atoms with Gasteiger partial charge in [-0.1, -0.05) is 25.1 Å². The van der Waals surface area contributed by atoms with Gasteiger partial charge in [0.05, 0.1) is 0 Å². The molecule has 0 amide bonds. The molecule has 0 spiro atoms. The Hall–Kier alpha value is -0.760. The first kappa shape index (κ1) is 10.7. The van der Waals surface area contributed by atoms with E-state index in [0.29, 0.717) is 17.0 Å². The predicted molar refractivity (Wildman–Crippen MR) is 64.1 cm³/mol. The minimum Gasteiger partial charge on any atom is -0.300 e. The minimum atomic E-state index is 0.432. The van der Waals surface area contributed by atoms with Crippen LogP contribution in [0.15, 0.2) is 35.2 Å². The van der Waals surface area contributed by atoms with E-state index in [2.05, 4.69) is 31.2 Å². The number of benzene rings is 1. The molecule has 1 aliphatic rings. The number of thioether (sulfide) groups is 1. The molecule has 1 nitrogen and oxygen atoms in total. The summed E-state index contributed by atoms with van der Waals surface area (Å²) in [7, 11) is 0. The first-order valence-corrected chi connectivity index (χ1v) is 6.37. The Morgan fingerprint density at radius 1 is 1.27 bits per heavy atom. The van der Waals surface area contributed by atoms with Crippen molar-refractivity contribution >= 4 is 17.5 Å². The van der Waals surface area contributed by atoms with Crippen molar-refractivity contribution in [3.8, 4) is 0 Å². The molecule has 2 rings (SSSR count). The Labute approximate surface area is 95.3 Å². The van der Waals surface area contributed by atoms with Crippen LogP contribution in [-0.2, 0) is 4.79 Å². The number of hydrogen-bond donors (Lipinski definition) is 0. The molecule has 0 N–H and O–H groups in total. The molecular formula is C13H16OS. The third-order valence-electron chi connectivity index (χ3n) is 2.97. The molecule has 1 aromatic carbocycles. The van der Waals surface area contributed by atoms with Gasteiger partial charge in [-0.05, 0) is 24.5 Å². The average molecular weight is 220 g/mol. The second kappa shape index (κ2) is 4.84. The van der Waals surface area contributed by atoms with Crippen LogP contribution >= 0.6 is 11.8 Å². The van der Waals surface area contributed by atoms with Gasteiger partial charge in [-0.2, -0.15) is 0 Å². The van der Waals surface area contributed by atoms with E-state index >= 15 is 0 Å². The number of carbonyl (C=O) groups excluding carboxylic acids is 1. The van der Waals surface area contributed by atoms with E-state index in [1.807, 2.05) is 17.8 Å². The highest BCUT2D eigenvalue weighted by molar-refractivity contribution is 8.00. The molecule has 0 heterocycles. The summed E-state index contributed by atoms with van der Waals surface area (Å²) in [4.78, 5) is 12.7. The standard InChI is InChI=1S/C13H16OS/c1-10-7-8-11(14)9-13(10)15-12-5-3-2-4-6-12/h2-6,10,13H,7-9H2,1H3. The monoisotopic (exact) mass is 220 g/mol. The Morgan fingerprint density at radius 2 is 2.00 bits per heavy atom. The summed E-state index contributed by atoms with van der Waals surface area (Å²) in [6, 6.07) is 10.4. The lowest BCUT2D eigenvalue weighted by molar-refractivity contribution is -0.120. The van der Waals surface area contributed by atoms with E-state index in [4.69, 9.17) is 0 Å². The maximum absolute atomic E-state index is 11.4. The summed E-state index contributed by atoms with van der Waals surface area (Å²) in [5.41, 5.74) is 0. The van der Waals surface area contributed by atoms with E-state index in [1.165, 1.54) is 4.90 Å². The van der Waals surface area contributed by atoms with E-state index in [9.17, 15) is 4.79 Å². The number of rotatable bonds is 2. The topological polar surface area (TPSA) is 17.1 Å². The summed E-state index contributed by atoms with van der Waals surface area (Å²) in [5, 5.41) is 0.480. The third-order valence-corrected chi connectivity index (χ3v) is 4.45. The average Bonchev–Trinajstić information content (AvgIpc) is 2.25. The second-order valence-corrected chi connectivity index (χ2v) is 5.54. The Bertz CT molecular complexity index is 334. The molecular weight excluding hydrogens is 204 g/mol. The van der Waals surface area contributed by atoms with Crippen molar-refractivity contribution < 1.29 is 4.79 Å². The zero-order chi connectivity index (χ0) is 10.7. The van der Waals surface area contributed by atoms with Crippen LogP contribution in [0.2, 0.25) is 0 Å². The Morgan fingerprint density at radius 3 is 2.73 bits per heavy atom. The van der Waals surface area contributed by atoms with Crippen LogP contribution in [0.3, 0.4) is 0 Å². The Balaban J connectivity index is 2.01. The quantitative estimate of drug-likeness (QED) is 0.758. The molecule has 0 bridgehead atoms. The molecule has 15 heavy (non-hydrogen) atoms. The molecule has 1 aromatic rings. The van der Waals surface area contributed by atoms with Gasteiger partial charge in [0.2, 0.25) is 0 Å². The highest BCUT2D eigenvalue weighted by Crippen LogP contribution is 2.35. The van der Waals surface area contributed by atoms with Crippen molar-refractivity contribution in [1.29, 1.82) is 0 Å². The van der Waals surface area contributed by atoms with E-state index in [0.717, 1.165) is 19.3 Å². The van der Waals surface area contributed by atoms with Crippen LogP contribution in [0.5, 0.6) is 0 Å². The van der Waals surface area contributed by atoms with Crippen molar-refractivity contribution in [2.45, 2.75) is 36.3 Å². The van der Waals surface area contributed by atoms with Crippen molar-refractivity contribution in [3.63, 3.8) is 0 Å². The number of carbonyl (C=O) groups is 1. The summed E-state index contributed by atoms with van der Waals surface area (Å²) in [6.45, 7) is 2.26. The molecule has 0 aromatic heterocycles. The molecule has 1 aliphatic carbocycles. The molecule has 2 unspecified atom stereocenters. The maximum atomic E-state index is 11.4. The SMILES string of the molecule is CC1CCC(=O)CC1Sc1ccccc1. The van der Waals surface area contributed by atoms with Crippen LogP contribution in [-0.4, -0.2) is 11.0 Å². The summed E-state index contributed by atoms with van der Waals surface area (Å²) in [6.07, 6.45) is 2.59. The highest BCUT2D eigenvalue weighted by atomic mass is 32.2. The van der Waals surface area contributed by atoms with E-state index in [-0.39, 0.29) is 0 Å². The van der Waals surface area contributed by atoms with Gasteiger partial charge < -0.3 is 0 Å². The second-order valence-electron chi connectivity index (χ2n) is 4.23. The largest absolute Gasteiger partial charge is 0.300 e. The van der Waals surface area contributed by atoms with Gasteiger partial charge in [0.15, 0.2) is 0 Å². The molecule has 2 atom stereocenters. The highest BCUT2D eigenvalue weighted by Gasteiger charge is 2.26. The molecule has 0 aliphatic heterocycles. The number of ketones is 1. The predicted octanol–water partition coefficient (Wildman–Crippen LogP) is 3.54. The minimum absolute atomic E-state index is 0.432. The summed E-state index contributed by atoms with van der Waals surface area (Å²) >= 11 is 1.86. The van der Waals surface area contributed by atoms with Crippen LogP contribution in [0.1, 0.15) is 26.2 Å². The molecule has 1 saturated carbocycles. The third kappa shape index (κ3) is 2.85. The van der Waals surface area contributed by atoms with Gasteiger partial charge in [0, 0.05) is 23.0 Å². The van der Waals surface area contributed by atoms with Gasteiger partial charge >= 0.3 is 0 Å². The first-order valence-electron chi connectivity index (χ1n) is 5.49. The van der Waals surface area contributed by atoms with Crippen LogP contribution in [0, 0.1) is 5.92 Å². The lowest BCUT2D eigenvalue weighted by Crippen LogP contribution is -2.24. The van der Waals surface area contributed by atoms with Crippen molar-refractivity contribution in [1.82, 2.24) is 0 Å². The molecule has 1 fully saturated rings. The van der Waals surface area contributed by atoms with Crippen LogP contribution in [0.25, 0.3) is 0 Å². The smallest absolute Gasteiger partial charge is 0.134 e. The Kier molecular flexibility index (Phi) is 3.47. The van der Waals surface area contributed by atoms with Crippen LogP contribution < -0.4 is 0 Å². The molecule has 0 radical (unpaired) electrons. The molecule has 0 saturated heterocycles. The number of hydrogen-bond acceptors (Lipinski definition) is 2. The fourth-order valence-electron chi connectivity index (χ4n) is 1.93. The lowest BCUT2D eigenvalue weighted by atomic mass is 9.89. The van der Waals surface area contributed by atoms with Crippen molar-refractivity contribution in [2.24, 2.45) is 5.92 Å². The van der Waals surface area contributed by atoms with E-state index in [1.54, 1.807) is 0 Å². The lowest BCUT2D eigenvalue weighted by Gasteiger charge is -2.27. The fourth-order valence-corrected chi connectivity index (χ4v) is 3.24. The van der Waals surface area contributed by atoms with E-state index < -0.39 is 0 Å². The number of Topliss-reactive ketones (excluding diaryl/α,β-unsaturated/α-hetero) is 1. The maximum Gasteiger partial charge on any atom is 0.134 e. The van der Waals surface area contributed by atoms with Gasteiger partial charge in [-0.15, -0.1) is 11.8 Å².